The second kappa shape index (κ2) is 8.67. The van der Waals surface area contributed by atoms with Gasteiger partial charge in [0.25, 0.3) is 0 Å². The van der Waals surface area contributed by atoms with Gasteiger partial charge in [-0.3, -0.25) is 10.1 Å². The lowest BCUT2D eigenvalue weighted by molar-refractivity contribution is -0.385. The molecule has 0 bridgehead atoms. The minimum absolute atomic E-state index is 0.0670. The molecule has 0 unspecified atom stereocenters. The van der Waals surface area contributed by atoms with Crippen LogP contribution in [0.4, 0.5) is 5.69 Å². The minimum atomic E-state index is -3.83. The van der Waals surface area contributed by atoms with Crippen LogP contribution >= 0.6 is 0 Å². The Balaban J connectivity index is 1.62. The molecule has 0 aliphatic carbocycles. The zero-order valence-electron chi connectivity index (χ0n) is 17.6. The van der Waals surface area contributed by atoms with Gasteiger partial charge in [-0.05, 0) is 43.0 Å². The summed E-state index contributed by atoms with van der Waals surface area (Å²) in [6, 6.07) is 10.4. The number of nitrogens with zero attached hydrogens (tertiary/aromatic N) is 4. The molecule has 3 aromatic rings. The molecule has 11 heteroatoms. The van der Waals surface area contributed by atoms with E-state index < -0.39 is 20.6 Å². The number of hydrogen-bond donors (Lipinski definition) is 0. The lowest BCUT2D eigenvalue weighted by Crippen LogP contribution is -2.37. The van der Waals surface area contributed by atoms with Gasteiger partial charge in [0.15, 0.2) is 0 Å². The SMILES string of the molecule is Cc1nc(-c2cccc(Oc3ccc(S(=O)(=O)N4CCC(C)CC4)cc3[N+](=O)[O-])c2)no1. The quantitative estimate of drug-likeness (QED) is 0.398. The Morgan fingerprint density at radius 1 is 1.19 bits per heavy atom. The summed E-state index contributed by atoms with van der Waals surface area (Å²) in [4.78, 5) is 15.1. The Morgan fingerprint density at radius 3 is 2.59 bits per heavy atom. The van der Waals surface area contributed by atoms with Crippen molar-refractivity contribution in [3.8, 4) is 22.9 Å². The number of benzene rings is 2. The minimum Gasteiger partial charge on any atom is -0.450 e. The van der Waals surface area contributed by atoms with E-state index in [-0.39, 0.29) is 10.6 Å². The van der Waals surface area contributed by atoms with E-state index in [0.717, 1.165) is 18.9 Å². The van der Waals surface area contributed by atoms with Gasteiger partial charge < -0.3 is 9.26 Å². The van der Waals surface area contributed by atoms with E-state index in [4.69, 9.17) is 9.26 Å². The van der Waals surface area contributed by atoms with Crippen LogP contribution in [0.15, 0.2) is 51.9 Å². The highest BCUT2D eigenvalue weighted by atomic mass is 32.2. The second-order valence-electron chi connectivity index (χ2n) is 7.74. The molecule has 32 heavy (non-hydrogen) atoms. The lowest BCUT2D eigenvalue weighted by Gasteiger charge is -2.29. The first kappa shape index (κ1) is 21.9. The predicted octanol–water partition coefficient (Wildman–Crippen LogP) is 4.17. The third-order valence-electron chi connectivity index (χ3n) is 5.36. The lowest BCUT2D eigenvalue weighted by atomic mass is 10.0. The van der Waals surface area contributed by atoms with Crippen LogP contribution in [-0.4, -0.2) is 40.9 Å². The molecule has 1 aromatic heterocycles. The van der Waals surface area contributed by atoms with Crippen LogP contribution in [0.5, 0.6) is 11.5 Å². The van der Waals surface area contributed by atoms with Crippen molar-refractivity contribution >= 4 is 15.7 Å². The van der Waals surface area contributed by atoms with Crippen LogP contribution < -0.4 is 4.74 Å². The van der Waals surface area contributed by atoms with Gasteiger partial charge in [-0.1, -0.05) is 24.2 Å². The first-order chi connectivity index (χ1) is 15.2. The fourth-order valence-electron chi connectivity index (χ4n) is 3.50. The molecule has 1 saturated heterocycles. The first-order valence-corrected chi connectivity index (χ1v) is 11.6. The largest absolute Gasteiger partial charge is 0.450 e. The van der Waals surface area contributed by atoms with Crippen LogP contribution in [0.2, 0.25) is 0 Å². The maximum absolute atomic E-state index is 13.0. The number of sulfonamides is 1. The molecular formula is C21H22N4O6S. The number of nitro groups is 1. The Bertz CT molecular complexity index is 1250. The fraction of sp³-hybridized carbons (Fsp3) is 0.333. The average Bonchev–Trinajstić information content (AvgIpc) is 3.20. The number of ether oxygens (including phenoxy) is 1. The normalized spacial score (nSPS) is 15.6. The van der Waals surface area contributed by atoms with Crippen LogP contribution in [0.25, 0.3) is 11.4 Å². The summed E-state index contributed by atoms with van der Waals surface area (Å²) in [7, 11) is -3.83. The van der Waals surface area contributed by atoms with Crippen molar-refractivity contribution in [1.29, 1.82) is 0 Å². The van der Waals surface area contributed by atoms with Gasteiger partial charge in [-0.15, -0.1) is 0 Å². The van der Waals surface area contributed by atoms with Gasteiger partial charge in [-0.25, -0.2) is 8.42 Å². The average molecular weight is 458 g/mol. The molecule has 0 saturated carbocycles. The summed E-state index contributed by atoms with van der Waals surface area (Å²) in [6.45, 7) is 4.55. The summed E-state index contributed by atoms with van der Waals surface area (Å²) in [5, 5.41) is 15.5. The number of aryl methyl sites for hydroxylation is 1. The Morgan fingerprint density at radius 2 is 1.94 bits per heavy atom. The van der Waals surface area contributed by atoms with E-state index >= 15 is 0 Å². The van der Waals surface area contributed by atoms with Crippen LogP contribution in [0, 0.1) is 23.0 Å². The molecule has 1 fully saturated rings. The molecule has 0 N–H and O–H groups in total. The highest BCUT2D eigenvalue weighted by molar-refractivity contribution is 7.89. The Kier molecular flexibility index (Phi) is 5.94. The van der Waals surface area contributed by atoms with E-state index in [9.17, 15) is 18.5 Å². The van der Waals surface area contributed by atoms with Gasteiger partial charge in [0.2, 0.25) is 27.5 Å². The van der Waals surface area contributed by atoms with E-state index in [2.05, 4.69) is 17.1 Å². The van der Waals surface area contributed by atoms with E-state index in [1.807, 2.05) is 0 Å². The van der Waals surface area contributed by atoms with Crippen LogP contribution in [0.3, 0.4) is 0 Å². The summed E-state index contributed by atoms with van der Waals surface area (Å²) in [5.74, 6) is 1.47. The molecule has 0 amide bonds. The van der Waals surface area contributed by atoms with Gasteiger partial charge in [-0.2, -0.15) is 9.29 Å². The third-order valence-corrected chi connectivity index (χ3v) is 7.25. The van der Waals surface area contributed by atoms with E-state index in [0.29, 0.717) is 42.0 Å². The summed E-state index contributed by atoms with van der Waals surface area (Å²) < 4.78 is 38.0. The maximum Gasteiger partial charge on any atom is 0.312 e. The Labute approximate surface area is 185 Å². The topological polar surface area (TPSA) is 129 Å². The molecule has 1 aliphatic heterocycles. The van der Waals surface area contributed by atoms with Crippen molar-refractivity contribution in [2.75, 3.05) is 13.1 Å². The molecule has 0 atom stereocenters. The van der Waals surface area contributed by atoms with E-state index in [1.54, 1.807) is 31.2 Å². The smallest absolute Gasteiger partial charge is 0.312 e. The number of piperidine rings is 1. The predicted molar refractivity (Wildman–Crippen MR) is 115 cm³/mol. The van der Waals surface area contributed by atoms with Crippen molar-refractivity contribution in [2.24, 2.45) is 5.92 Å². The maximum atomic E-state index is 13.0. The molecular weight excluding hydrogens is 436 g/mol. The molecule has 4 rings (SSSR count). The molecule has 1 aliphatic rings. The van der Waals surface area contributed by atoms with Crippen molar-refractivity contribution < 1.29 is 22.6 Å². The molecule has 2 heterocycles. The van der Waals surface area contributed by atoms with Gasteiger partial charge in [0.1, 0.15) is 5.75 Å². The van der Waals surface area contributed by atoms with Crippen molar-refractivity contribution in [2.45, 2.75) is 31.6 Å². The number of rotatable bonds is 6. The summed E-state index contributed by atoms with van der Waals surface area (Å²) in [5.41, 5.74) is 0.179. The number of nitro benzene ring substituents is 1. The van der Waals surface area contributed by atoms with Crippen molar-refractivity contribution in [3.63, 3.8) is 0 Å². The zero-order valence-corrected chi connectivity index (χ0v) is 18.4. The summed E-state index contributed by atoms with van der Waals surface area (Å²) in [6.07, 6.45) is 1.53. The monoisotopic (exact) mass is 458 g/mol. The standard InChI is InChI=1S/C21H22N4O6S/c1-14-8-10-24(11-9-14)32(28,29)18-6-7-20(19(13-18)25(26)27)30-17-5-3-4-16(12-17)21-22-15(2)31-23-21/h3-7,12-14H,8-11H2,1-2H3. The number of hydrogen-bond acceptors (Lipinski definition) is 8. The van der Waals surface area contributed by atoms with Gasteiger partial charge in [0, 0.05) is 31.6 Å². The first-order valence-electron chi connectivity index (χ1n) is 10.1. The molecule has 0 spiro atoms. The molecule has 168 valence electrons. The fourth-order valence-corrected chi connectivity index (χ4v) is 4.99. The van der Waals surface area contributed by atoms with Gasteiger partial charge in [0.05, 0.1) is 9.82 Å². The van der Waals surface area contributed by atoms with Crippen molar-refractivity contribution in [1.82, 2.24) is 14.4 Å². The zero-order chi connectivity index (χ0) is 22.9. The molecule has 0 radical (unpaired) electrons. The molecule has 10 nitrogen and oxygen atoms in total. The second-order valence-corrected chi connectivity index (χ2v) is 9.68. The third kappa shape index (κ3) is 4.48. The van der Waals surface area contributed by atoms with E-state index in [1.165, 1.54) is 16.4 Å². The highest BCUT2D eigenvalue weighted by Gasteiger charge is 2.30. The molecule has 2 aromatic carbocycles. The highest BCUT2D eigenvalue weighted by Crippen LogP contribution is 2.35. The summed E-state index contributed by atoms with van der Waals surface area (Å²) >= 11 is 0. The van der Waals surface area contributed by atoms with Crippen LogP contribution in [0.1, 0.15) is 25.7 Å². The number of aromatic nitrogens is 2. The Hall–Kier alpha value is -3.31. The van der Waals surface area contributed by atoms with Crippen LogP contribution in [-0.2, 0) is 10.0 Å². The van der Waals surface area contributed by atoms with Crippen molar-refractivity contribution in [3.05, 3.63) is 58.5 Å². The van der Waals surface area contributed by atoms with Gasteiger partial charge >= 0.3 is 5.69 Å².